The summed E-state index contributed by atoms with van der Waals surface area (Å²) in [5, 5.41) is 9.57. The van der Waals surface area contributed by atoms with Crippen molar-refractivity contribution in [2.75, 3.05) is 5.75 Å². The summed E-state index contributed by atoms with van der Waals surface area (Å²) in [5.74, 6) is 0.855. The number of hydrogen-bond acceptors (Lipinski definition) is 4. The second kappa shape index (κ2) is 9.65. The molecule has 0 N–H and O–H groups in total. The van der Waals surface area contributed by atoms with Crippen molar-refractivity contribution < 1.29 is 9.31 Å². The van der Waals surface area contributed by atoms with E-state index in [2.05, 4.69) is 46.8 Å². The van der Waals surface area contributed by atoms with E-state index in [-0.39, 0.29) is 5.92 Å². The third kappa shape index (κ3) is 5.87. The summed E-state index contributed by atoms with van der Waals surface area (Å²) in [7, 11) is -0.495. The van der Waals surface area contributed by atoms with Crippen molar-refractivity contribution in [1.82, 2.24) is 0 Å². The van der Waals surface area contributed by atoms with Gasteiger partial charge in [0.2, 0.25) is 0 Å². The first-order valence-corrected chi connectivity index (χ1v) is 11.3. The molecule has 0 unspecified atom stereocenters. The number of allylic oxidation sites excluding steroid dienone is 1. The van der Waals surface area contributed by atoms with E-state index in [0.717, 1.165) is 41.4 Å². The molecule has 0 aromatic heterocycles. The molecule has 0 bridgehead atoms. The minimum absolute atomic E-state index is 0.226. The van der Waals surface area contributed by atoms with Crippen LogP contribution in [-0.2, 0) is 9.31 Å². The lowest BCUT2D eigenvalue weighted by Crippen LogP contribution is -2.41. The molecule has 0 saturated carbocycles. The zero-order chi connectivity index (χ0) is 20.1. The van der Waals surface area contributed by atoms with Crippen LogP contribution in [0.5, 0.6) is 0 Å². The molecular weight excluding hydrogens is 421 g/mol. The maximum Gasteiger partial charge on any atom is 0.491 e. The molecule has 1 aromatic carbocycles. The van der Waals surface area contributed by atoms with Crippen LogP contribution in [0.2, 0.25) is 0 Å². The molecule has 1 atom stereocenters. The molecule has 1 saturated heterocycles. The van der Waals surface area contributed by atoms with Gasteiger partial charge in [0.1, 0.15) is 0 Å². The lowest BCUT2D eigenvalue weighted by molar-refractivity contribution is 0.00578. The quantitative estimate of drug-likeness (QED) is 0.247. The SMILES string of the molecule is C=C(B1OC(C)(C)C(C)(C)O1)[C@H](C#N)CCCCCSc1ccccc1Br. The van der Waals surface area contributed by atoms with Crippen LogP contribution in [0, 0.1) is 17.2 Å². The first kappa shape index (κ1) is 22.6. The fourth-order valence-electron chi connectivity index (χ4n) is 2.86. The van der Waals surface area contributed by atoms with Gasteiger partial charge >= 0.3 is 7.12 Å². The van der Waals surface area contributed by atoms with Crippen molar-refractivity contribution in [2.24, 2.45) is 5.92 Å². The molecule has 1 heterocycles. The highest BCUT2D eigenvalue weighted by molar-refractivity contribution is 9.10. The summed E-state index contributed by atoms with van der Waals surface area (Å²) in [4.78, 5) is 1.28. The van der Waals surface area contributed by atoms with Crippen LogP contribution in [0.3, 0.4) is 0 Å². The van der Waals surface area contributed by atoms with Gasteiger partial charge in [0, 0.05) is 9.37 Å². The summed E-state index contributed by atoms with van der Waals surface area (Å²) in [5.41, 5.74) is -0.0497. The Hall–Kier alpha value is -0.735. The predicted molar refractivity (Wildman–Crippen MR) is 118 cm³/mol. The first-order valence-electron chi connectivity index (χ1n) is 9.49. The normalized spacial score (nSPS) is 18.9. The molecule has 1 aliphatic rings. The number of thioether (sulfide) groups is 1. The molecule has 1 aliphatic heterocycles. The number of nitrogens with zero attached hydrogens (tertiary/aromatic N) is 1. The van der Waals surface area contributed by atoms with Crippen LogP contribution in [0.1, 0.15) is 53.4 Å². The van der Waals surface area contributed by atoms with Crippen molar-refractivity contribution in [3.05, 3.63) is 40.8 Å². The third-order valence-corrected chi connectivity index (χ3v) is 7.50. The molecule has 6 heteroatoms. The largest absolute Gasteiger partial charge is 0.491 e. The van der Waals surface area contributed by atoms with E-state index < -0.39 is 18.3 Å². The molecule has 3 nitrogen and oxygen atoms in total. The molecule has 1 aromatic rings. The number of unbranched alkanes of at least 4 members (excludes halogenated alkanes) is 2. The van der Waals surface area contributed by atoms with E-state index in [1.807, 2.05) is 45.5 Å². The van der Waals surface area contributed by atoms with Crippen LogP contribution in [0.4, 0.5) is 0 Å². The molecule has 0 amide bonds. The zero-order valence-electron chi connectivity index (χ0n) is 16.8. The Kier molecular flexibility index (Phi) is 8.06. The Morgan fingerprint density at radius 3 is 2.41 bits per heavy atom. The monoisotopic (exact) mass is 449 g/mol. The van der Waals surface area contributed by atoms with Crippen molar-refractivity contribution >= 4 is 34.8 Å². The van der Waals surface area contributed by atoms with Gasteiger partial charge in [-0.1, -0.05) is 25.0 Å². The fourth-order valence-corrected chi connectivity index (χ4v) is 4.44. The van der Waals surface area contributed by atoms with Gasteiger partial charge in [0.15, 0.2) is 0 Å². The van der Waals surface area contributed by atoms with Gasteiger partial charge in [-0.15, -0.1) is 18.3 Å². The van der Waals surface area contributed by atoms with Crippen molar-refractivity contribution in [3.8, 4) is 6.07 Å². The van der Waals surface area contributed by atoms with Crippen LogP contribution in [-0.4, -0.2) is 24.1 Å². The van der Waals surface area contributed by atoms with E-state index in [4.69, 9.17) is 9.31 Å². The summed E-state index contributed by atoms with van der Waals surface area (Å²) in [6.07, 6.45) is 4.05. The van der Waals surface area contributed by atoms with Gasteiger partial charge in [-0.2, -0.15) is 5.26 Å². The maximum absolute atomic E-state index is 9.57. The summed E-state index contributed by atoms with van der Waals surface area (Å²) in [6.45, 7) is 12.2. The van der Waals surface area contributed by atoms with Crippen molar-refractivity contribution in [3.63, 3.8) is 0 Å². The van der Waals surface area contributed by atoms with Gasteiger partial charge in [-0.05, 0) is 79.8 Å². The maximum atomic E-state index is 9.57. The van der Waals surface area contributed by atoms with E-state index in [1.54, 1.807) is 0 Å². The minimum atomic E-state index is -0.495. The Balaban J connectivity index is 1.72. The highest BCUT2D eigenvalue weighted by Gasteiger charge is 2.52. The molecular formula is C21H29BBrNO2S. The lowest BCUT2D eigenvalue weighted by Gasteiger charge is -2.32. The number of benzene rings is 1. The molecule has 0 aliphatic carbocycles. The average Bonchev–Trinajstić information content (AvgIpc) is 2.83. The average molecular weight is 450 g/mol. The topological polar surface area (TPSA) is 42.2 Å². The lowest BCUT2D eigenvalue weighted by atomic mass is 9.71. The minimum Gasteiger partial charge on any atom is -0.400 e. The van der Waals surface area contributed by atoms with Gasteiger partial charge in [-0.3, -0.25) is 0 Å². The Bertz CT molecular complexity index is 686. The second-order valence-corrected chi connectivity index (χ2v) is 9.96. The highest BCUT2D eigenvalue weighted by Crippen LogP contribution is 2.40. The van der Waals surface area contributed by atoms with E-state index in [0.29, 0.717) is 0 Å². The first-order chi connectivity index (χ1) is 12.7. The number of nitriles is 1. The zero-order valence-corrected chi connectivity index (χ0v) is 19.2. The van der Waals surface area contributed by atoms with Gasteiger partial charge < -0.3 is 9.31 Å². The Labute approximate surface area is 177 Å². The van der Waals surface area contributed by atoms with Gasteiger partial charge in [0.05, 0.1) is 23.2 Å². The van der Waals surface area contributed by atoms with Gasteiger partial charge in [-0.25, -0.2) is 0 Å². The number of hydrogen-bond donors (Lipinski definition) is 0. The Morgan fingerprint density at radius 1 is 1.19 bits per heavy atom. The smallest absolute Gasteiger partial charge is 0.400 e. The van der Waals surface area contributed by atoms with Gasteiger partial charge in [0.25, 0.3) is 0 Å². The van der Waals surface area contributed by atoms with Crippen LogP contribution < -0.4 is 0 Å². The van der Waals surface area contributed by atoms with Crippen molar-refractivity contribution in [2.45, 2.75) is 69.5 Å². The summed E-state index contributed by atoms with van der Waals surface area (Å²) < 4.78 is 13.2. The highest BCUT2D eigenvalue weighted by atomic mass is 79.9. The number of rotatable bonds is 9. The molecule has 0 spiro atoms. The summed E-state index contributed by atoms with van der Waals surface area (Å²) >= 11 is 5.45. The molecule has 1 fully saturated rings. The van der Waals surface area contributed by atoms with Crippen molar-refractivity contribution in [1.29, 1.82) is 5.26 Å². The van der Waals surface area contributed by atoms with Crippen LogP contribution in [0.25, 0.3) is 0 Å². The Morgan fingerprint density at radius 2 is 1.81 bits per heavy atom. The summed E-state index contributed by atoms with van der Waals surface area (Å²) in [6, 6.07) is 10.7. The molecule has 0 radical (unpaired) electrons. The van der Waals surface area contributed by atoms with Crippen LogP contribution >= 0.6 is 27.7 Å². The molecule has 2 rings (SSSR count). The third-order valence-electron chi connectivity index (χ3n) is 5.39. The second-order valence-electron chi connectivity index (χ2n) is 7.97. The van der Waals surface area contributed by atoms with E-state index >= 15 is 0 Å². The van der Waals surface area contributed by atoms with E-state index in [1.165, 1.54) is 4.90 Å². The predicted octanol–water partition coefficient (Wildman–Crippen LogP) is 6.43. The van der Waals surface area contributed by atoms with E-state index in [9.17, 15) is 5.26 Å². The van der Waals surface area contributed by atoms with Crippen LogP contribution in [0.15, 0.2) is 45.7 Å². The molecule has 146 valence electrons. The molecule has 27 heavy (non-hydrogen) atoms. The standard InChI is InChI=1S/C21H29BBrNO2S/c1-16(22-25-20(2,3)21(4,5)26-22)17(15-24)11-7-6-10-14-27-19-13-9-8-12-18(19)23/h8-9,12-13,17H,1,6-7,10-11,14H2,2-5H3/t17-/m0/s1. The number of halogens is 1. The fraction of sp³-hybridized carbons (Fsp3) is 0.571.